The zero-order valence-corrected chi connectivity index (χ0v) is 15.2. The first-order valence-corrected chi connectivity index (χ1v) is 10.4. The number of rotatable bonds is 16. The van der Waals surface area contributed by atoms with Gasteiger partial charge in [-0.15, -0.1) is 0 Å². The Kier molecular flexibility index (Phi) is 16.3. The molecule has 0 aliphatic carbocycles. The largest absolute Gasteiger partial charge is 0.232 e. The maximum atomic E-state index is 11.0. The molecule has 0 aromatic carbocycles. The molecule has 0 rings (SSSR count). The zero-order valence-electron chi connectivity index (χ0n) is 14.3. The third kappa shape index (κ3) is 14.6. The van der Waals surface area contributed by atoms with Gasteiger partial charge < -0.3 is 0 Å². The Balaban J connectivity index is 3.25. The quantitative estimate of drug-likeness (QED) is 0.294. The van der Waals surface area contributed by atoms with E-state index in [0.717, 1.165) is 19.3 Å². The number of unbranched alkanes of at least 4 members (excludes halogenated alkanes) is 11. The Labute approximate surface area is 135 Å². The van der Waals surface area contributed by atoms with Crippen molar-refractivity contribution >= 4 is 10.7 Å². The van der Waals surface area contributed by atoms with Crippen molar-refractivity contribution in [3.8, 4) is 0 Å². The fourth-order valence-electron chi connectivity index (χ4n) is 2.80. The molecule has 0 saturated heterocycles. The molecule has 0 spiro atoms. The summed E-state index contributed by atoms with van der Waals surface area (Å²) in [6.45, 7) is 4.20. The summed E-state index contributed by atoms with van der Waals surface area (Å²) in [4.78, 5) is 0. The second kappa shape index (κ2) is 16.3. The lowest BCUT2D eigenvalue weighted by molar-refractivity contribution is 0.531. The third-order valence-corrected chi connectivity index (χ3v) is 5.26. The van der Waals surface area contributed by atoms with Crippen LogP contribution in [0.15, 0.2) is 0 Å². The van der Waals surface area contributed by atoms with Crippen molar-refractivity contribution in [2.75, 3.05) is 0 Å². The molecule has 0 amide bonds. The van der Waals surface area contributed by atoms with Gasteiger partial charge in [-0.1, -0.05) is 90.9 Å². The van der Waals surface area contributed by atoms with Crippen molar-refractivity contribution in [2.45, 2.75) is 109 Å². The molecule has 21 heavy (non-hydrogen) atoms. The van der Waals surface area contributed by atoms with Gasteiger partial charge in [-0.05, 0) is 19.3 Å². The van der Waals surface area contributed by atoms with Gasteiger partial charge in [0.1, 0.15) is 10.7 Å². The highest BCUT2D eigenvalue weighted by Gasteiger charge is 2.09. The Morgan fingerprint density at radius 2 is 1.19 bits per heavy atom. The van der Waals surface area contributed by atoms with Crippen molar-refractivity contribution in [3.63, 3.8) is 0 Å². The van der Waals surface area contributed by atoms with Crippen molar-refractivity contribution < 1.29 is 8.42 Å². The van der Waals surface area contributed by atoms with E-state index in [-0.39, 0.29) is 5.25 Å². The standard InChI is InChI=1S/C18H37O2S/c1-3-5-6-7-8-9-10-11-12-13-14-15-17-18(16-4-2)21(19)20/h4,18,21H,3,5-17H2,1-2H3. The van der Waals surface area contributed by atoms with E-state index in [0.29, 0.717) is 0 Å². The lowest BCUT2D eigenvalue weighted by Gasteiger charge is -2.08. The van der Waals surface area contributed by atoms with Crippen LogP contribution in [0, 0.1) is 6.42 Å². The van der Waals surface area contributed by atoms with Crippen LogP contribution in [0.2, 0.25) is 0 Å². The molecule has 0 N–H and O–H groups in total. The summed E-state index contributed by atoms with van der Waals surface area (Å²) < 4.78 is 22.1. The van der Waals surface area contributed by atoms with E-state index in [1.807, 2.05) is 13.3 Å². The van der Waals surface area contributed by atoms with Gasteiger partial charge in [-0.25, -0.2) is 8.42 Å². The van der Waals surface area contributed by atoms with Crippen LogP contribution in [0.1, 0.15) is 104 Å². The maximum Gasteiger partial charge on any atom is 0.143 e. The molecule has 0 heterocycles. The van der Waals surface area contributed by atoms with Gasteiger partial charge in [0.15, 0.2) is 0 Å². The second-order valence-corrected chi connectivity index (χ2v) is 7.56. The molecule has 0 aliphatic heterocycles. The van der Waals surface area contributed by atoms with Gasteiger partial charge in [0.25, 0.3) is 0 Å². The van der Waals surface area contributed by atoms with E-state index in [4.69, 9.17) is 0 Å². The SMILES string of the molecule is C[CH]CC(CCCCCCCCCCCCCC)[SH](=O)=O. The Morgan fingerprint density at radius 3 is 1.57 bits per heavy atom. The smallest absolute Gasteiger partial charge is 0.143 e. The Hall–Kier alpha value is -0.0500. The van der Waals surface area contributed by atoms with Crippen LogP contribution in [0.4, 0.5) is 0 Å². The highest BCUT2D eigenvalue weighted by atomic mass is 32.2. The van der Waals surface area contributed by atoms with Gasteiger partial charge in [0, 0.05) is 0 Å². The average Bonchev–Trinajstić information content (AvgIpc) is 2.47. The number of hydrogen-bond donors (Lipinski definition) is 1. The minimum absolute atomic E-state index is 0.117. The molecular weight excluding hydrogens is 280 g/mol. The van der Waals surface area contributed by atoms with Crippen LogP contribution in [-0.2, 0) is 10.7 Å². The van der Waals surface area contributed by atoms with Gasteiger partial charge in [0.2, 0.25) is 0 Å². The van der Waals surface area contributed by atoms with Crippen LogP contribution in [0.25, 0.3) is 0 Å². The van der Waals surface area contributed by atoms with Crippen LogP contribution in [0.5, 0.6) is 0 Å². The molecule has 1 radical (unpaired) electrons. The maximum absolute atomic E-state index is 11.0. The molecule has 127 valence electrons. The minimum atomic E-state index is -2.24. The molecule has 0 bridgehead atoms. The first-order valence-electron chi connectivity index (χ1n) is 9.13. The first kappa shape index (κ1) is 20.9. The highest BCUT2D eigenvalue weighted by Crippen LogP contribution is 2.14. The Morgan fingerprint density at radius 1 is 0.762 bits per heavy atom. The van der Waals surface area contributed by atoms with E-state index in [2.05, 4.69) is 6.92 Å². The van der Waals surface area contributed by atoms with Crippen molar-refractivity contribution in [1.29, 1.82) is 0 Å². The van der Waals surface area contributed by atoms with Crippen molar-refractivity contribution in [1.82, 2.24) is 0 Å². The van der Waals surface area contributed by atoms with Crippen LogP contribution >= 0.6 is 0 Å². The molecule has 0 aromatic heterocycles. The topological polar surface area (TPSA) is 34.1 Å². The van der Waals surface area contributed by atoms with Crippen LogP contribution in [-0.4, -0.2) is 13.7 Å². The molecule has 0 saturated carbocycles. The molecule has 1 unspecified atom stereocenters. The molecule has 2 nitrogen and oxygen atoms in total. The lowest BCUT2D eigenvalue weighted by atomic mass is 10.0. The van der Waals surface area contributed by atoms with Crippen LogP contribution in [0.3, 0.4) is 0 Å². The number of hydrogen-bond acceptors (Lipinski definition) is 2. The average molecular weight is 318 g/mol. The van der Waals surface area contributed by atoms with E-state index in [1.165, 1.54) is 70.6 Å². The van der Waals surface area contributed by atoms with Gasteiger partial charge in [0.05, 0.1) is 5.25 Å². The number of thiol groups is 1. The summed E-state index contributed by atoms with van der Waals surface area (Å²) in [7, 11) is -2.24. The third-order valence-electron chi connectivity index (χ3n) is 4.20. The van der Waals surface area contributed by atoms with E-state index in [9.17, 15) is 8.42 Å². The highest BCUT2D eigenvalue weighted by molar-refractivity contribution is 7.73. The molecule has 0 fully saturated rings. The minimum Gasteiger partial charge on any atom is -0.232 e. The van der Waals surface area contributed by atoms with E-state index >= 15 is 0 Å². The summed E-state index contributed by atoms with van der Waals surface area (Å²) >= 11 is 0. The molecule has 1 atom stereocenters. The predicted molar refractivity (Wildman–Crippen MR) is 94.4 cm³/mol. The monoisotopic (exact) mass is 317 g/mol. The fraction of sp³-hybridized carbons (Fsp3) is 0.944. The lowest BCUT2D eigenvalue weighted by Crippen LogP contribution is -2.09. The Bertz CT molecular complexity index is 266. The molecule has 3 heteroatoms. The summed E-state index contributed by atoms with van der Waals surface area (Å²) in [6, 6.07) is 0. The second-order valence-electron chi connectivity index (χ2n) is 6.26. The van der Waals surface area contributed by atoms with Gasteiger partial charge >= 0.3 is 0 Å². The summed E-state index contributed by atoms with van der Waals surface area (Å²) in [5.74, 6) is 0. The van der Waals surface area contributed by atoms with Crippen molar-refractivity contribution in [3.05, 3.63) is 6.42 Å². The zero-order chi connectivity index (χ0) is 15.8. The van der Waals surface area contributed by atoms with E-state index < -0.39 is 10.7 Å². The predicted octanol–water partition coefficient (Wildman–Crippen LogP) is 5.67. The molecule has 0 aromatic rings. The van der Waals surface area contributed by atoms with Gasteiger partial charge in [-0.3, -0.25) is 0 Å². The summed E-state index contributed by atoms with van der Waals surface area (Å²) in [6.07, 6.45) is 19.5. The molecule has 0 aliphatic rings. The van der Waals surface area contributed by atoms with Crippen LogP contribution < -0.4 is 0 Å². The summed E-state index contributed by atoms with van der Waals surface area (Å²) in [5.41, 5.74) is 0. The normalized spacial score (nSPS) is 12.9. The van der Waals surface area contributed by atoms with Crippen molar-refractivity contribution in [2.24, 2.45) is 0 Å². The van der Waals surface area contributed by atoms with Gasteiger partial charge in [-0.2, -0.15) is 0 Å². The van der Waals surface area contributed by atoms with E-state index in [1.54, 1.807) is 0 Å². The summed E-state index contributed by atoms with van der Waals surface area (Å²) in [5, 5.41) is -0.117. The first-order chi connectivity index (χ1) is 10.2. The fourth-order valence-corrected chi connectivity index (χ4v) is 3.58. The molecular formula is C18H37O2S.